The van der Waals surface area contributed by atoms with Gasteiger partial charge in [0.05, 0.1) is 12.0 Å². The van der Waals surface area contributed by atoms with Crippen LogP contribution in [0.3, 0.4) is 0 Å². The monoisotopic (exact) mass is 375 g/mol. The Morgan fingerprint density at radius 3 is 2.31 bits per heavy atom. The van der Waals surface area contributed by atoms with Crippen molar-refractivity contribution in [3.05, 3.63) is 66.2 Å². The van der Waals surface area contributed by atoms with Gasteiger partial charge in [0.25, 0.3) is 5.91 Å². The fourth-order valence-corrected chi connectivity index (χ4v) is 4.06. The third kappa shape index (κ3) is 3.95. The number of ether oxygens (including phenoxy) is 1. The van der Waals surface area contributed by atoms with Gasteiger partial charge in [-0.1, -0.05) is 42.5 Å². The minimum atomic E-state index is -4.07. The lowest BCUT2D eigenvalue weighted by molar-refractivity contribution is -0.131. The molecule has 2 aromatic rings. The molecule has 2 rings (SSSR count). The minimum Gasteiger partial charge on any atom is -0.497 e. The number of hydroxylamine groups is 1. The topological polar surface area (TPSA) is 92.7 Å². The van der Waals surface area contributed by atoms with Gasteiger partial charge in [0, 0.05) is 0 Å². The summed E-state index contributed by atoms with van der Waals surface area (Å²) in [6.07, 6.45) is 3.22. The van der Waals surface area contributed by atoms with E-state index in [9.17, 15) is 13.2 Å². The highest BCUT2D eigenvalue weighted by molar-refractivity contribution is 7.93. The van der Waals surface area contributed by atoms with Gasteiger partial charge in [-0.3, -0.25) is 10.0 Å². The zero-order valence-electron chi connectivity index (χ0n) is 14.5. The van der Waals surface area contributed by atoms with Crippen LogP contribution in [0.15, 0.2) is 65.6 Å². The summed E-state index contributed by atoms with van der Waals surface area (Å²) >= 11 is 0. The Kier molecular flexibility index (Phi) is 6.18. The molecule has 0 fully saturated rings. The molecular formula is C19H21NO5S. The summed E-state index contributed by atoms with van der Waals surface area (Å²) in [6.45, 7) is 1.29. The molecule has 0 aliphatic heterocycles. The molecule has 2 N–H and O–H groups in total. The highest BCUT2D eigenvalue weighted by atomic mass is 32.2. The summed E-state index contributed by atoms with van der Waals surface area (Å²) in [5.41, 5.74) is 2.35. The van der Waals surface area contributed by atoms with Crippen LogP contribution in [0.25, 0.3) is 6.08 Å². The lowest BCUT2D eigenvalue weighted by Crippen LogP contribution is -2.49. The fraction of sp³-hybridized carbons (Fsp3) is 0.211. The van der Waals surface area contributed by atoms with E-state index in [-0.39, 0.29) is 11.3 Å². The van der Waals surface area contributed by atoms with Crippen molar-refractivity contribution in [1.82, 2.24) is 5.48 Å². The highest BCUT2D eigenvalue weighted by Crippen LogP contribution is 2.31. The van der Waals surface area contributed by atoms with Crippen molar-refractivity contribution >= 4 is 21.8 Å². The Balaban J connectivity index is 2.37. The second-order valence-electron chi connectivity index (χ2n) is 5.87. The number of rotatable bonds is 7. The van der Waals surface area contributed by atoms with E-state index in [0.29, 0.717) is 5.75 Å². The predicted molar refractivity (Wildman–Crippen MR) is 98.6 cm³/mol. The quantitative estimate of drug-likeness (QED) is 0.573. The smallest absolute Gasteiger partial charge is 0.265 e. The number of allylic oxidation sites excluding steroid dienone is 1. The number of amides is 1. The van der Waals surface area contributed by atoms with Gasteiger partial charge < -0.3 is 4.74 Å². The van der Waals surface area contributed by atoms with Crippen LogP contribution in [-0.4, -0.2) is 31.4 Å². The second-order valence-corrected chi connectivity index (χ2v) is 8.25. The average molecular weight is 375 g/mol. The zero-order valence-corrected chi connectivity index (χ0v) is 15.4. The van der Waals surface area contributed by atoms with Crippen molar-refractivity contribution in [1.29, 1.82) is 0 Å². The number of hydrogen-bond acceptors (Lipinski definition) is 5. The normalized spacial score (nSPS) is 14.0. The molecular weight excluding hydrogens is 354 g/mol. The number of benzene rings is 2. The maximum absolute atomic E-state index is 13.0. The number of sulfone groups is 1. The molecule has 2 aromatic carbocycles. The Morgan fingerprint density at radius 2 is 1.77 bits per heavy atom. The SMILES string of the molecule is COc1ccc(S(=O)(=O)C(C)(CC=Cc2ccccc2)C(=O)NO)cc1. The maximum Gasteiger partial charge on any atom is 0.265 e. The van der Waals surface area contributed by atoms with E-state index in [2.05, 4.69) is 0 Å². The summed E-state index contributed by atoms with van der Waals surface area (Å²) in [4.78, 5) is 12.2. The van der Waals surface area contributed by atoms with Gasteiger partial charge in [-0.25, -0.2) is 13.9 Å². The van der Waals surface area contributed by atoms with Crippen LogP contribution in [0, 0.1) is 0 Å². The van der Waals surface area contributed by atoms with E-state index in [1.54, 1.807) is 12.2 Å². The largest absolute Gasteiger partial charge is 0.497 e. The Labute approximate surface area is 153 Å². The van der Waals surface area contributed by atoms with Gasteiger partial charge in [0.2, 0.25) is 0 Å². The molecule has 0 radical (unpaired) electrons. The average Bonchev–Trinajstić information content (AvgIpc) is 2.67. The van der Waals surface area contributed by atoms with E-state index >= 15 is 0 Å². The van der Waals surface area contributed by atoms with Crippen molar-refractivity contribution in [3.63, 3.8) is 0 Å². The molecule has 1 amide bonds. The molecule has 0 heterocycles. The van der Waals surface area contributed by atoms with Crippen LogP contribution in [0.2, 0.25) is 0 Å². The standard InChI is InChI=1S/C19H21NO5S/c1-19(18(21)20-22,14-6-9-15-7-4-3-5-8-15)26(23,24)17-12-10-16(25-2)11-13-17/h3-13,22H,14H2,1-2H3,(H,20,21). The molecule has 0 spiro atoms. The summed E-state index contributed by atoms with van der Waals surface area (Å²) in [5.74, 6) is -0.493. The molecule has 0 bridgehead atoms. The van der Waals surface area contributed by atoms with Crippen LogP contribution in [0.4, 0.5) is 0 Å². The lowest BCUT2D eigenvalue weighted by Gasteiger charge is -2.26. The molecule has 1 atom stereocenters. The van der Waals surface area contributed by atoms with Gasteiger partial charge in [-0.15, -0.1) is 0 Å². The summed E-state index contributed by atoms with van der Waals surface area (Å²) < 4.78 is 29.3. The number of carbonyl (C=O) groups excluding carboxylic acids is 1. The fourth-order valence-electron chi connectivity index (χ4n) is 2.44. The first-order chi connectivity index (χ1) is 12.3. The molecule has 26 heavy (non-hydrogen) atoms. The highest BCUT2D eigenvalue weighted by Gasteiger charge is 2.46. The van der Waals surface area contributed by atoms with Gasteiger partial charge in [-0.05, 0) is 43.2 Å². The third-order valence-corrected chi connectivity index (χ3v) is 6.59. The molecule has 0 saturated heterocycles. The van der Waals surface area contributed by atoms with Crippen molar-refractivity contribution in [2.75, 3.05) is 7.11 Å². The number of nitrogens with one attached hydrogen (secondary N) is 1. The minimum absolute atomic E-state index is 0.0301. The van der Waals surface area contributed by atoms with E-state index in [0.717, 1.165) is 5.56 Å². The zero-order chi connectivity index (χ0) is 19.2. The number of hydrogen-bond donors (Lipinski definition) is 2. The van der Waals surface area contributed by atoms with Gasteiger partial charge in [0.1, 0.15) is 5.75 Å². The van der Waals surface area contributed by atoms with Crippen LogP contribution >= 0.6 is 0 Å². The predicted octanol–water partition coefficient (Wildman–Crippen LogP) is 2.84. The third-order valence-electron chi connectivity index (χ3n) is 4.16. The first-order valence-corrected chi connectivity index (χ1v) is 9.38. The van der Waals surface area contributed by atoms with Crippen molar-refractivity contribution < 1.29 is 23.2 Å². The van der Waals surface area contributed by atoms with Crippen molar-refractivity contribution in [3.8, 4) is 5.75 Å². The summed E-state index contributed by atoms with van der Waals surface area (Å²) in [6, 6.07) is 15.1. The van der Waals surface area contributed by atoms with Gasteiger partial charge in [-0.2, -0.15) is 0 Å². The van der Waals surface area contributed by atoms with E-state index in [4.69, 9.17) is 9.94 Å². The molecule has 6 nitrogen and oxygen atoms in total. The summed E-state index contributed by atoms with van der Waals surface area (Å²) in [7, 11) is -2.60. The van der Waals surface area contributed by atoms with Crippen LogP contribution in [0.1, 0.15) is 18.9 Å². The van der Waals surface area contributed by atoms with Gasteiger partial charge in [0.15, 0.2) is 14.6 Å². The van der Waals surface area contributed by atoms with E-state index in [1.807, 2.05) is 30.3 Å². The number of methoxy groups -OCH3 is 1. The van der Waals surface area contributed by atoms with Crippen LogP contribution in [-0.2, 0) is 14.6 Å². The van der Waals surface area contributed by atoms with Crippen molar-refractivity contribution in [2.24, 2.45) is 0 Å². The van der Waals surface area contributed by atoms with Crippen LogP contribution in [0.5, 0.6) is 5.75 Å². The van der Waals surface area contributed by atoms with E-state index in [1.165, 1.54) is 43.8 Å². The van der Waals surface area contributed by atoms with E-state index < -0.39 is 20.5 Å². The Hall–Kier alpha value is -2.64. The second kappa shape index (κ2) is 8.16. The molecule has 0 aliphatic carbocycles. The molecule has 1 unspecified atom stereocenters. The Bertz CT molecular complexity index is 876. The first-order valence-electron chi connectivity index (χ1n) is 7.90. The van der Waals surface area contributed by atoms with Gasteiger partial charge >= 0.3 is 0 Å². The Morgan fingerprint density at radius 1 is 1.15 bits per heavy atom. The maximum atomic E-state index is 13.0. The van der Waals surface area contributed by atoms with Crippen molar-refractivity contribution in [2.45, 2.75) is 23.0 Å². The lowest BCUT2D eigenvalue weighted by atomic mass is 10.1. The summed E-state index contributed by atoms with van der Waals surface area (Å²) in [5, 5.41) is 9.07. The first kappa shape index (κ1) is 19.7. The van der Waals surface area contributed by atoms with Crippen LogP contribution < -0.4 is 10.2 Å². The molecule has 0 aromatic heterocycles. The molecule has 0 saturated carbocycles. The number of carbonyl (C=O) groups is 1. The molecule has 138 valence electrons. The molecule has 0 aliphatic rings. The molecule has 7 heteroatoms.